The first kappa shape index (κ1) is 19.0. The predicted octanol–water partition coefficient (Wildman–Crippen LogP) is 6.50. The van der Waals surface area contributed by atoms with Crippen LogP contribution in [0.2, 0.25) is 0 Å². The highest BCUT2D eigenvalue weighted by Gasteiger charge is 2.39. The Morgan fingerprint density at radius 1 is 1.00 bits per heavy atom. The summed E-state index contributed by atoms with van der Waals surface area (Å²) in [7, 11) is 0. The largest absolute Gasteiger partial charge is 0.478 e. The smallest absolute Gasteiger partial charge is 0.336 e. The van der Waals surface area contributed by atoms with Gasteiger partial charge in [-0.3, -0.25) is 0 Å². The first-order chi connectivity index (χ1) is 14.7. The number of thioether (sulfide) groups is 1. The highest BCUT2D eigenvalue weighted by Crippen LogP contribution is 2.50. The minimum atomic E-state index is -0.867. The Hall–Kier alpha value is -2.98. The van der Waals surface area contributed by atoms with E-state index in [0.29, 0.717) is 17.4 Å². The minimum absolute atomic E-state index is 0.00524. The molecule has 3 atom stereocenters. The quantitative estimate of drug-likeness (QED) is 0.370. The number of hydrogen-bond donors (Lipinski definition) is 2. The molecule has 0 amide bonds. The molecule has 2 N–H and O–H groups in total. The van der Waals surface area contributed by atoms with Crippen molar-refractivity contribution >= 4 is 23.4 Å². The molecule has 2 aliphatic rings. The van der Waals surface area contributed by atoms with Gasteiger partial charge >= 0.3 is 5.97 Å². The molecule has 3 aromatic rings. The van der Waals surface area contributed by atoms with Crippen LogP contribution < -0.4 is 5.32 Å². The third kappa shape index (κ3) is 3.52. The highest BCUT2D eigenvalue weighted by atomic mass is 32.2. The average molecular weight is 414 g/mol. The fraction of sp³-hybridized carbons (Fsp3) is 0.192. The summed E-state index contributed by atoms with van der Waals surface area (Å²) < 4.78 is 0. The van der Waals surface area contributed by atoms with Gasteiger partial charge in [0.25, 0.3) is 0 Å². The number of rotatable bonds is 5. The van der Waals surface area contributed by atoms with Crippen molar-refractivity contribution in [2.24, 2.45) is 5.92 Å². The van der Waals surface area contributed by atoms with Gasteiger partial charge in [-0.05, 0) is 53.3 Å². The number of carbonyl (C=O) groups is 1. The van der Waals surface area contributed by atoms with Gasteiger partial charge < -0.3 is 10.4 Å². The Morgan fingerprint density at radius 2 is 1.80 bits per heavy atom. The van der Waals surface area contributed by atoms with Gasteiger partial charge in [0.1, 0.15) is 0 Å². The second-order valence-corrected chi connectivity index (χ2v) is 8.94. The molecular formula is C26H23NO2S. The monoisotopic (exact) mass is 413 g/mol. The minimum Gasteiger partial charge on any atom is -0.478 e. The maximum absolute atomic E-state index is 11.8. The molecule has 0 saturated carbocycles. The van der Waals surface area contributed by atoms with Crippen molar-refractivity contribution in [2.45, 2.75) is 29.0 Å². The molecule has 150 valence electrons. The topological polar surface area (TPSA) is 49.3 Å². The number of anilines is 1. The van der Waals surface area contributed by atoms with Crippen molar-refractivity contribution in [1.29, 1.82) is 0 Å². The molecule has 0 saturated heterocycles. The van der Waals surface area contributed by atoms with Crippen LogP contribution in [-0.2, 0) is 5.75 Å². The van der Waals surface area contributed by atoms with Crippen molar-refractivity contribution in [1.82, 2.24) is 0 Å². The van der Waals surface area contributed by atoms with Gasteiger partial charge in [-0.15, -0.1) is 11.8 Å². The molecule has 0 fully saturated rings. The molecule has 1 heterocycles. The van der Waals surface area contributed by atoms with Crippen LogP contribution in [-0.4, -0.2) is 11.1 Å². The summed E-state index contributed by atoms with van der Waals surface area (Å²) in [6.07, 6.45) is 5.50. The molecule has 3 aromatic carbocycles. The Kier molecular flexibility index (Phi) is 5.09. The Bertz CT molecular complexity index is 1110. The lowest BCUT2D eigenvalue weighted by atomic mass is 9.76. The van der Waals surface area contributed by atoms with E-state index in [1.165, 1.54) is 16.0 Å². The van der Waals surface area contributed by atoms with Crippen molar-refractivity contribution in [2.75, 3.05) is 5.32 Å². The molecule has 4 heteroatoms. The van der Waals surface area contributed by atoms with Crippen LogP contribution in [0.15, 0.2) is 89.8 Å². The Balaban J connectivity index is 1.45. The van der Waals surface area contributed by atoms with Crippen LogP contribution in [0.4, 0.5) is 5.69 Å². The predicted molar refractivity (Wildman–Crippen MR) is 122 cm³/mol. The lowest BCUT2D eigenvalue weighted by Crippen LogP contribution is -2.30. The number of benzene rings is 3. The van der Waals surface area contributed by atoms with E-state index in [-0.39, 0.29) is 6.04 Å². The molecule has 1 aliphatic carbocycles. The lowest BCUT2D eigenvalue weighted by molar-refractivity contribution is 0.0694. The summed E-state index contributed by atoms with van der Waals surface area (Å²) in [5.41, 5.74) is 5.01. The van der Waals surface area contributed by atoms with Gasteiger partial charge in [0.2, 0.25) is 0 Å². The van der Waals surface area contributed by atoms with E-state index in [9.17, 15) is 9.90 Å². The maximum atomic E-state index is 11.8. The summed E-state index contributed by atoms with van der Waals surface area (Å²) in [5, 5.41) is 13.3. The van der Waals surface area contributed by atoms with Crippen LogP contribution in [0.25, 0.3) is 0 Å². The molecule has 0 aromatic heterocycles. The molecule has 0 spiro atoms. The summed E-state index contributed by atoms with van der Waals surface area (Å²) in [5.74, 6) is 0.711. The molecule has 0 radical (unpaired) electrons. The summed E-state index contributed by atoms with van der Waals surface area (Å²) in [6, 6.07) is 24.5. The van der Waals surface area contributed by atoms with Crippen LogP contribution in [0.1, 0.15) is 45.4 Å². The number of aromatic carboxylic acids is 1. The van der Waals surface area contributed by atoms with Crippen LogP contribution in [0.3, 0.4) is 0 Å². The van der Waals surface area contributed by atoms with Gasteiger partial charge in [0, 0.05) is 22.3 Å². The average Bonchev–Trinajstić information content (AvgIpc) is 3.28. The van der Waals surface area contributed by atoms with E-state index in [1.807, 2.05) is 30.0 Å². The normalized spacial score (nSPS) is 21.5. The number of hydrogen-bond acceptors (Lipinski definition) is 3. The van der Waals surface area contributed by atoms with E-state index < -0.39 is 5.97 Å². The number of fused-ring (bicyclic) bond motifs is 3. The third-order valence-electron chi connectivity index (χ3n) is 6.10. The van der Waals surface area contributed by atoms with Crippen LogP contribution in [0.5, 0.6) is 0 Å². The van der Waals surface area contributed by atoms with Gasteiger partial charge in [-0.1, -0.05) is 60.7 Å². The molecule has 0 unspecified atom stereocenters. The fourth-order valence-electron chi connectivity index (χ4n) is 4.69. The van der Waals surface area contributed by atoms with Gasteiger partial charge in [0.15, 0.2) is 0 Å². The number of carboxylic acid groups (broad SMARTS) is 1. The number of nitrogens with one attached hydrogen (secondary N) is 1. The summed E-state index contributed by atoms with van der Waals surface area (Å²) >= 11 is 1.85. The van der Waals surface area contributed by atoms with Crippen molar-refractivity contribution in [3.63, 3.8) is 0 Å². The Labute approximate surface area is 180 Å². The number of allylic oxidation sites excluding steroid dienone is 2. The second kappa shape index (κ2) is 8.04. The first-order valence-electron chi connectivity index (χ1n) is 10.3. The standard InChI is InChI=1S/C26H23NO2S/c28-26(29)22-10-5-4-9-21(22)25-20-12-6-11-19(20)23-15-17(13-14-24(23)27-25)16-30-18-7-2-1-3-8-18/h1-11,13-15,19-20,25,27H,12,16H2,(H,28,29)/t19-,20+,25-/m1/s1. The van der Waals surface area contributed by atoms with E-state index in [1.54, 1.807) is 12.1 Å². The van der Waals surface area contributed by atoms with E-state index in [2.05, 4.69) is 59.9 Å². The highest BCUT2D eigenvalue weighted by molar-refractivity contribution is 7.98. The van der Waals surface area contributed by atoms with Gasteiger partial charge in [-0.25, -0.2) is 4.79 Å². The zero-order valence-corrected chi connectivity index (χ0v) is 17.3. The number of carboxylic acids is 1. The van der Waals surface area contributed by atoms with Crippen LogP contribution >= 0.6 is 11.8 Å². The van der Waals surface area contributed by atoms with E-state index >= 15 is 0 Å². The molecule has 30 heavy (non-hydrogen) atoms. The molecule has 1 aliphatic heterocycles. The second-order valence-electron chi connectivity index (χ2n) is 7.89. The Morgan fingerprint density at radius 3 is 2.63 bits per heavy atom. The third-order valence-corrected chi connectivity index (χ3v) is 7.19. The summed E-state index contributed by atoms with van der Waals surface area (Å²) in [6.45, 7) is 0. The van der Waals surface area contributed by atoms with Gasteiger partial charge in [-0.2, -0.15) is 0 Å². The molecular weight excluding hydrogens is 390 g/mol. The van der Waals surface area contributed by atoms with E-state index in [4.69, 9.17) is 0 Å². The molecule has 3 nitrogen and oxygen atoms in total. The molecule has 0 bridgehead atoms. The van der Waals surface area contributed by atoms with Crippen LogP contribution in [0, 0.1) is 5.92 Å². The van der Waals surface area contributed by atoms with Crippen molar-refractivity contribution < 1.29 is 9.90 Å². The first-order valence-corrected chi connectivity index (χ1v) is 11.3. The van der Waals surface area contributed by atoms with Crippen molar-refractivity contribution in [3.8, 4) is 0 Å². The SMILES string of the molecule is O=C(O)c1ccccc1[C@@H]1Nc2ccc(CSc3ccccc3)cc2[C@@H]2C=CC[C@@H]21. The van der Waals surface area contributed by atoms with Gasteiger partial charge in [0.05, 0.1) is 11.6 Å². The van der Waals surface area contributed by atoms with Crippen molar-refractivity contribution in [3.05, 3.63) is 107 Å². The lowest BCUT2D eigenvalue weighted by Gasteiger charge is -2.38. The fourth-order valence-corrected chi connectivity index (χ4v) is 5.55. The summed E-state index contributed by atoms with van der Waals surface area (Å²) in [4.78, 5) is 13.1. The van der Waals surface area contributed by atoms with E-state index in [0.717, 1.165) is 23.4 Å². The zero-order chi connectivity index (χ0) is 20.5. The zero-order valence-electron chi connectivity index (χ0n) is 16.5. The maximum Gasteiger partial charge on any atom is 0.336 e. The molecule has 5 rings (SSSR count).